The maximum absolute atomic E-state index is 14.2. The summed E-state index contributed by atoms with van der Waals surface area (Å²) >= 11 is 1.32. The van der Waals surface area contributed by atoms with Crippen LogP contribution in [0.3, 0.4) is 0 Å². The fourth-order valence-corrected chi connectivity index (χ4v) is 3.06. The van der Waals surface area contributed by atoms with Gasteiger partial charge in [-0.1, -0.05) is 37.3 Å². The molecule has 32 heavy (non-hydrogen) atoms. The van der Waals surface area contributed by atoms with Crippen molar-refractivity contribution in [1.82, 2.24) is 25.3 Å². The highest BCUT2D eigenvalue weighted by atomic mass is 32.1. The van der Waals surface area contributed by atoms with Gasteiger partial charge < -0.3 is 14.6 Å². The second kappa shape index (κ2) is 8.67. The number of carbonyl (C=O) groups excluding carboxylic acids is 1. The standard InChI is InChI=1S/C20H18FN7O3S/c1-20(2,3)15-8-17(31-28-15)26-19(29)25-13-6-11(4-5-12(13)21)30-16-7-14(22-9-23-16)18-27-24-10-32-18/h4-10H,1-3H3,(H2,25,26,29). The zero-order chi connectivity index (χ0) is 22.7. The van der Waals surface area contributed by atoms with Crippen LogP contribution in [0.15, 0.2) is 46.7 Å². The number of anilines is 2. The van der Waals surface area contributed by atoms with Gasteiger partial charge in [0.1, 0.15) is 29.1 Å². The molecular weight excluding hydrogens is 437 g/mol. The van der Waals surface area contributed by atoms with Gasteiger partial charge >= 0.3 is 6.03 Å². The normalized spacial score (nSPS) is 11.2. The van der Waals surface area contributed by atoms with Crippen molar-refractivity contribution in [1.29, 1.82) is 0 Å². The van der Waals surface area contributed by atoms with Crippen LogP contribution in [-0.2, 0) is 5.41 Å². The number of carbonyl (C=O) groups is 1. The number of ether oxygens (including phenoxy) is 1. The Hall–Kier alpha value is -3.93. The van der Waals surface area contributed by atoms with E-state index in [1.54, 1.807) is 17.6 Å². The van der Waals surface area contributed by atoms with Gasteiger partial charge in [0.25, 0.3) is 0 Å². The number of amides is 2. The maximum Gasteiger partial charge on any atom is 0.326 e. The van der Waals surface area contributed by atoms with Gasteiger partial charge in [-0.15, -0.1) is 10.2 Å². The van der Waals surface area contributed by atoms with E-state index in [-0.39, 0.29) is 28.6 Å². The highest BCUT2D eigenvalue weighted by Crippen LogP contribution is 2.28. The average molecular weight is 455 g/mol. The quantitative estimate of drug-likeness (QED) is 0.437. The predicted molar refractivity (Wildman–Crippen MR) is 115 cm³/mol. The van der Waals surface area contributed by atoms with Crippen LogP contribution in [0.5, 0.6) is 11.6 Å². The third-order valence-corrected chi connectivity index (χ3v) is 4.86. The van der Waals surface area contributed by atoms with Gasteiger partial charge in [0.15, 0.2) is 5.01 Å². The molecule has 0 unspecified atom stereocenters. The van der Waals surface area contributed by atoms with Crippen LogP contribution in [0.25, 0.3) is 10.7 Å². The Bertz CT molecular complexity index is 1240. The molecule has 0 saturated carbocycles. The Labute approximate surface area is 185 Å². The molecule has 164 valence electrons. The van der Waals surface area contributed by atoms with Gasteiger partial charge in [-0.05, 0) is 12.1 Å². The summed E-state index contributed by atoms with van der Waals surface area (Å²) in [7, 11) is 0. The Kier molecular flexibility index (Phi) is 5.77. The van der Waals surface area contributed by atoms with Crippen molar-refractivity contribution in [2.24, 2.45) is 0 Å². The number of nitrogens with one attached hydrogen (secondary N) is 2. The number of benzene rings is 1. The molecule has 0 saturated heterocycles. The van der Waals surface area contributed by atoms with Gasteiger partial charge in [-0.3, -0.25) is 5.32 Å². The molecule has 10 nitrogen and oxygen atoms in total. The number of hydrogen-bond donors (Lipinski definition) is 2. The molecule has 0 bridgehead atoms. The van der Waals surface area contributed by atoms with Crippen molar-refractivity contribution >= 4 is 28.9 Å². The monoisotopic (exact) mass is 455 g/mol. The smallest absolute Gasteiger partial charge is 0.326 e. The summed E-state index contributed by atoms with van der Waals surface area (Å²) < 4.78 is 25.0. The Balaban J connectivity index is 1.45. The molecule has 3 heterocycles. The minimum Gasteiger partial charge on any atom is -0.439 e. The maximum atomic E-state index is 14.2. The molecule has 0 atom stereocenters. The van der Waals surface area contributed by atoms with Gasteiger partial charge in [-0.25, -0.2) is 19.2 Å². The lowest BCUT2D eigenvalue weighted by Gasteiger charge is -2.12. The number of urea groups is 1. The molecule has 0 spiro atoms. The summed E-state index contributed by atoms with van der Waals surface area (Å²) in [5.74, 6) is -0.00927. The number of halogens is 1. The fourth-order valence-electron chi connectivity index (χ4n) is 2.53. The Morgan fingerprint density at radius 1 is 1.16 bits per heavy atom. The number of nitrogens with zero attached hydrogens (tertiary/aromatic N) is 5. The van der Waals surface area contributed by atoms with Crippen molar-refractivity contribution in [3.63, 3.8) is 0 Å². The van der Waals surface area contributed by atoms with Crippen LogP contribution >= 0.6 is 11.3 Å². The summed E-state index contributed by atoms with van der Waals surface area (Å²) in [6.45, 7) is 5.89. The van der Waals surface area contributed by atoms with Crippen molar-refractivity contribution in [2.75, 3.05) is 10.6 Å². The first-order valence-corrected chi connectivity index (χ1v) is 10.3. The molecule has 0 fully saturated rings. The molecule has 2 N–H and O–H groups in total. The van der Waals surface area contributed by atoms with E-state index >= 15 is 0 Å². The van der Waals surface area contributed by atoms with E-state index in [4.69, 9.17) is 9.26 Å². The summed E-state index contributed by atoms with van der Waals surface area (Å²) in [5, 5.41) is 17.2. The lowest BCUT2D eigenvalue weighted by molar-refractivity contribution is 0.261. The first-order valence-electron chi connectivity index (χ1n) is 9.39. The fraction of sp³-hybridized carbons (Fsp3) is 0.200. The van der Waals surface area contributed by atoms with Crippen LogP contribution in [0.2, 0.25) is 0 Å². The van der Waals surface area contributed by atoms with E-state index in [2.05, 4.69) is 36.0 Å². The van der Waals surface area contributed by atoms with E-state index in [0.29, 0.717) is 16.4 Å². The second-order valence-electron chi connectivity index (χ2n) is 7.63. The summed E-state index contributed by atoms with van der Waals surface area (Å²) in [4.78, 5) is 20.5. The van der Waals surface area contributed by atoms with E-state index in [1.165, 1.54) is 35.9 Å². The third kappa shape index (κ3) is 5.03. The van der Waals surface area contributed by atoms with Gasteiger partial charge in [-0.2, -0.15) is 0 Å². The van der Waals surface area contributed by atoms with Crippen LogP contribution in [-0.4, -0.2) is 31.4 Å². The third-order valence-electron chi connectivity index (χ3n) is 4.14. The summed E-state index contributed by atoms with van der Waals surface area (Å²) in [6.07, 6.45) is 1.32. The van der Waals surface area contributed by atoms with Crippen molar-refractivity contribution in [3.05, 3.63) is 53.7 Å². The molecule has 0 radical (unpaired) electrons. The Morgan fingerprint density at radius 3 is 2.72 bits per heavy atom. The zero-order valence-corrected chi connectivity index (χ0v) is 18.1. The average Bonchev–Trinajstić information content (AvgIpc) is 3.43. The lowest BCUT2D eigenvalue weighted by Crippen LogP contribution is -2.20. The van der Waals surface area contributed by atoms with Crippen LogP contribution in [0, 0.1) is 5.82 Å². The molecule has 4 aromatic rings. The minimum absolute atomic E-state index is 0.0889. The predicted octanol–water partition coefficient (Wildman–Crippen LogP) is 4.86. The molecule has 2 amide bonds. The largest absolute Gasteiger partial charge is 0.439 e. The van der Waals surface area contributed by atoms with E-state index < -0.39 is 11.8 Å². The van der Waals surface area contributed by atoms with Gasteiger partial charge in [0, 0.05) is 23.6 Å². The topological polar surface area (TPSA) is 128 Å². The second-order valence-corrected chi connectivity index (χ2v) is 8.47. The van der Waals surface area contributed by atoms with Crippen molar-refractivity contribution < 1.29 is 18.4 Å². The van der Waals surface area contributed by atoms with E-state index in [9.17, 15) is 9.18 Å². The molecular formula is C20H18FN7O3S. The van der Waals surface area contributed by atoms with Crippen molar-refractivity contribution in [3.8, 4) is 22.3 Å². The molecule has 0 aliphatic heterocycles. The first kappa shape index (κ1) is 21.3. The zero-order valence-electron chi connectivity index (χ0n) is 17.3. The molecule has 0 aliphatic carbocycles. The number of rotatable bonds is 5. The van der Waals surface area contributed by atoms with Gasteiger partial charge in [0.2, 0.25) is 11.8 Å². The lowest BCUT2D eigenvalue weighted by atomic mass is 9.92. The highest BCUT2D eigenvalue weighted by Gasteiger charge is 2.20. The SMILES string of the molecule is CC(C)(C)c1cc(NC(=O)Nc2cc(Oc3cc(-c4nncs4)ncn3)ccc2F)on1. The molecule has 12 heteroatoms. The molecule has 3 aromatic heterocycles. The number of aromatic nitrogens is 5. The van der Waals surface area contributed by atoms with Crippen LogP contribution < -0.4 is 15.4 Å². The van der Waals surface area contributed by atoms with Crippen LogP contribution in [0.4, 0.5) is 20.8 Å². The van der Waals surface area contributed by atoms with Crippen molar-refractivity contribution in [2.45, 2.75) is 26.2 Å². The summed E-state index contributed by atoms with van der Waals surface area (Å²) in [5.41, 5.74) is 2.47. The minimum atomic E-state index is -0.696. The highest BCUT2D eigenvalue weighted by molar-refractivity contribution is 7.12. The van der Waals surface area contributed by atoms with Crippen LogP contribution in [0.1, 0.15) is 26.5 Å². The molecule has 0 aliphatic rings. The number of hydrogen-bond acceptors (Lipinski definition) is 9. The Morgan fingerprint density at radius 2 is 2.00 bits per heavy atom. The summed E-state index contributed by atoms with van der Waals surface area (Å²) in [6, 6.07) is 6.42. The first-order chi connectivity index (χ1) is 15.3. The van der Waals surface area contributed by atoms with E-state index in [0.717, 1.165) is 0 Å². The molecule has 4 rings (SSSR count). The van der Waals surface area contributed by atoms with E-state index in [1.807, 2.05) is 20.8 Å². The molecule has 1 aromatic carbocycles. The van der Waals surface area contributed by atoms with Gasteiger partial charge in [0.05, 0.1) is 11.4 Å².